The van der Waals surface area contributed by atoms with Gasteiger partial charge in [0.25, 0.3) is 0 Å². The summed E-state index contributed by atoms with van der Waals surface area (Å²) in [6.45, 7) is 7.53. The molecule has 184 valence electrons. The van der Waals surface area contributed by atoms with Crippen molar-refractivity contribution < 1.29 is 36.6 Å². The maximum Gasteiger partial charge on any atom is 0.490 e. The fraction of sp³-hybridized carbons (Fsp3) is 0.333. The van der Waals surface area contributed by atoms with E-state index in [9.17, 15) is 26.7 Å². The number of H-pyrrole nitrogens is 1. The first-order chi connectivity index (χ1) is 15.6. The second-order valence-corrected chi connectivity index (χ2v) is 8.52. The molecule has 0 spiro atoms. The second kappa shape index (κ2) is 10.3. The maximum absolute atomic E-state index is 14.0. The van der Waals surface area contributed by atoms with Gasteiger partial charge in [-0.2, -0.15) is 13.2 Å². The Morgan fingerprint density at radius 2 is 1.76 bits per heavy atom. The number of aliphatic carboxylic acids is 1. The van der Waals surface area contributed by atoms with Crippen LogP contribution in [0.3, 0.4) is 0 Å². The lowest BCUT2D eigenvalue weighted by atomic mass is 9.89. The van der Waals surface area contributed by atoms with Gasteiger partial charge in [-0.1, -0.05) is 0 Å². The molecule has 2 aromatic heterocycles. The summed E-state index contributed by atoms with van der Waals surface area (Å²) in [5.74, 6) is -3.28. The van der Waals surface area contributed by atoms with Crippen LogP contribution in [0, 0.1) is 25.5 Å². The van der Waals surface area contributed by atoms with E-state index in [4.69, 9.17) is 9.90 Å². The van der Waals surface area contributed by atoms with Gasteiger partial charge in [-0.25, -0.2) is 23.5 Å². The van der Waals surface area contributed by atoms with E-state index in [1.165, 1.54) is 11.3 Å². The first-order valence-corrected chi connectivity index (χ1v) is 10.5. The highest BCUT2D eigenvalue weighted by Crippen LogP contribution is 2.32. The van der Waals surface area contributed by atoms with E-state index >= 15 is 0 Å². The summed E-state index contributed by atoms with van der Waals surface area (Å²) < 4.78 is 59.2. The van der Waals surface area contributed by atoms with Crippen LogP contribution in [0.15, 0.2) is 23.6 Å². The number of carboxylic acid groups (broad SMARTS) is 1. The molecule has 0 saturated heterocycles. The number of thiazole rings is 1. The Morgan fingerprint density at radius 1 is 1.15 bits per heavy atom. The molecule has 13 heteroatoms. The highest BCUT2D eigenvalue weighted by Gasteiger charge is 2.38. The molecule has 7 nitrogen and oxygen atoms in total. The number of carboxylic acids is 1. The molecule has 1 aromatic carbocycles. The lowest BCUT2D eigenvalue weighted by molar-refractivity contribution is -0.192. The van der Waals surface area contributed by atoms with Gasteiger partial charge in [0.05, 0.1) is 23.3 Å². The first kappa shape index (κ1) is 26.9. The third-order valence-electron chi connectivity index (χ3n) is 4.63. The number of imidazole rings is 1. The summed E-state index contributed by atoms with van der Waals surface area (Å²) in [6, 6.07) is 3.23. The number of carbonyl (C=O) groups is 2. The van der Waals surface area contributed by atoms with Crippen molar-refractivity contribution in [1.29, 1.82) is 0 Å². The van der Waals surface area contributed by atoms with E-state index in [1.807, 2.05) is 13.8 Å². The van der Waals surface area contributed by atoms with Crippen molar-refractivity contribution in [3.63, 3.8) is 0 Å². The molecule has 0 aliphatic rings. The standard InChI is InChI=1S/C19H20F2N4OS.C2HF3O2/c1-10-15(24-11(2)23-10)8-22-18(26)19(3,4)16-9-27-17(25-16)13-7-12(20)5-6-14(13)21;3-2(4,5)1(6)7/h5-7,9H,8H2,1-4H3,(H,22,26)(H,23,24);(H,6,7). The predicted molar refractivity (Wildman–Crippen MR) is 114 cm³/mol. The zero-order chi connectivity index (χ0) is 25.8. The van der Waals surface area contributed by atoms with E-state index in [0.29, 0.717) is 17.2 Å². The minimum absolute atomic E-state index is 0.0880. The number of hydrogen-bond donors (Lipinski definition) is 3. The summed E-state index contributed by atoms with van der Waals surface area (Å²) in [4.78, 5) is 33.4. The minimum atomic E-state index is -5.08. The quantitative estimate of drug-likeness (QED) is 0.438. The van der Waals surface area contributed by atoms with Crippen molar-refractivity contribution in [2.24, 2.45) is 0 Å². The molecule has 0 radical (unpaired) electrons. The van der Waals surface area contributed by atoms with Crippen molar-refractivity contribution >= 4 is 23.2 Å². The molecular weight excluding hydrogens is 483 g/mol. The monoisotopic (exact) mass is 504 g/mol. The Labute approximate surface area is 195 Å². The summed E-state index contributed by atoms with van der Waals surface area (Å²) in [5, 5.41) is 12.0. The number of rotatable bonds is 5. The Hall–Kier alpha value is -3.35. The number of benzene rings is 1. The van der Waals surface area contributed by atoms with E-state index in [-0.39, 0.29) is 11.5 Å². The SMILES string of the molecule is Cc1nc(CNC(=O)C(C)(C)c2csc(-c3cc(F)ccc3F)n2)c(C)[nH]1.O=C(O)C(F)(F)F. The molecule has 1 amide bonds. The van der Waals surface area contributed by atoms with Crippen LogP contribution in [-0.4, -0.2) is 38.1 Å². The predicted octanol–water partition coefficient (Wildman–Crippen LogP) is 4.66. The molecule has 3 aromatic rings. The Balaban J connectivity index is 0.000000509. The first-order valence-electron chi connectivity index (χ1n) is 9.64. The zero-order valence-electron chi connectivity index (χ0n) is 18.5. The molecule has 34 heavy (non-hydrogen) atoms. The van der Waals surface area contributed by atoms with Crippen LogP contribution in [0.25, 0.3) is 10.6 Å². The molecule has 0 aliphatic heterocycles. The van der Waals surface area contributed by atoms with Crippen molar-refractivity contribution in [3.05, 3.63) is 58.1 Å². The molecule has 0 saturated carbocycles. The summed E-state index contributed by atoms with van der Waals surface area (Å²) >= 11 is 1.17. The van der Waals surface area contributed by atoms with Gasteiger partial charge in [-0.05, 0) is 45.9 Å². The summed E-state index contributed by atoms with van der Waals surface area (Å²) in [7, 11) is 0. The number of aryl methyl sites for hydroxylation is 2. The van der Waals surface area contributed by atoms with Crippen molar-refractivity contribution in [2.75, 3.05) is 0 Å². The normalized spacial score (nSPS) is 11.6. The number of aromatic nitrogens is 3. The molecule has 3 N–H and O–H groups in total. The fourth-order valence-corrected chi connectivity index (χ4v) is 3.68. The number of nitrogens with zero attached hydrogens (tertiary/aromatic N) is 2. The number of carbonyl (C=O) groups excluding carboxylic acids is 1. The van der Waals surface area contributed by atoms with Crippen molar-refractivity contribution in [3.8, 4) is 10.6 Å². The van der Waals surface area contributed by atoms with Crippen LogP contribution in [0.4, 0.5) is 22.0 Å². The third kappa shape index (κ3) is 6.59. The second-order valence-electron chi connectivity index (χ2n) is 7.67. The van der Waals surface area contributed by atoms with Gasteiger partial charge in [-0.3, -0.25) is 4.79 Å². The number of halogens is 5. The molecule has 0 fully saturated rings. The average Bonchev–Trinajstić information content (AvgIpc) is 3.34. The zero-order valence-corrected chi connectivity index (χ0v) is 19.3. The van der Waals surface area contributed by atoms with Crippen LogP contribution >= 0.6 is 11.3 Å². The fourth-order valence-electron chi connectivity index (χ4n) is 2.68. The van der Waals surface area contributed by atoms with E-state index in [2.05, 4.69) is 20.3 Å². The molecule has 0 unspecified atom stereocenters. The van der Waals surface area contributed by atoms with Crippen molar-refractivity contribution in [2.45, 2.75) is 45.8 Å². The van der Waals surface area contributed by atoms with Crippen LogP contribution in [0.5, 0.6) is 0 Å². The topological polar surface area (TPSA) is 108 Å². The number of aromatic amines is 1. The molecule has 0 aliphatic carbocycles. The molecule has 0 bridgehead atoms. The Kier molecular flexibility index (Phi) is 8.14. The maximum atomic E-state index is 14.0. The van der Waals surface area contributed by atoms with Gasteiger partial charge in [-0.15, -0.1) is 11.3 Å². The van der Waals surface area contributed by atoms with Crippen LogP contribution in [0.1, 0.15) is 36.8 Å². The molecule has 2 heterocycles. The lowest BCUT2D eigenvalue weighted by Crippen LogP contribution is -2.40. The Bertz CT molecular complexity index is 1190. The van der Waals surface area contributed by atoms with Gasteiger partial charge < -0.3 is 15.4 Å². The highest BCUT2D eigenvalue weighted by atomic mass is 32.1. The molecular formula is C21H21F5N4O3S. The average molecular weight is 504 g/mol. The van der Waals surface area contributed by atoms with Crippen LogP contribution in [-0.2, 0) is 21.5 Å². The van der Waals surface area contributed by atoms with Gasteiger partial charge in [0, 0.05) is 16.6 Å². The van der Waals surface area contributed by atoms with Gasteiger partial charge in [0.2, 0.25) is 5.91 Å². The van der Waals surface area contributed by atoms with Gasteiger partial charge >= 0.3 is 12.1 Å². The smallest absolute Gasteiger partial charge is 0.475 e. The minimum Gasteiger partial charge on any atom is -0.475 e. The van der Waals surface area contributed by atoms with Gasteiger partial charge in [0.15, 0.2) is 0 Å². The lowest BCUT2D eigenvalue weighted by Gasteiger charge is -2.21. The summed E-state index contributed by atoms with van der Waals surface area (Å²) in [5.41, 5.74) is 1.34. The van der Waals surface area contributed by atoms with Crippen molar-refractivity contribution in [1.82, 2.24) is 20.3 Å². The van der Waals surface area contributed by atoms with E-state index < -0.39 is 29.2 Å². The number of amides is 1. The molecule has 0 atom stereocenters. The van der Waals surface area contributed by atoms with Gasteiger partial charge in [0.1, 0.15) is 22.5 Å². The number of hydrogen-bond acceptors (Lipinski definition) is 5. The highest BCUT2D eigenvalue weighted by molar-refractivity contribution is 7.13. The number of nitrogens with one attached hydrogen (secondary N) is 2. The summed E-state index contributed by atoms with van der Waals surface area (Å²) in [6.07, 6.45) is -5.08. The Morgan fingerprint density at radius 3 is 2.29 bits per heavy atom. The third-order valence-corrected chi connectivity index (χ3v) is 5.51. The van der Waals surface area contributed by atoms with E-state index in [1.54, 1.807) is 19.2 Å². The van der Waals surface area contributed by atoms with Crippen LogP contribution < -0.4 is 5.32 Å². The molecule has 3 rings (SSSR count). The van der Waals surface area contributed by atoms with E-state index in [0.717, 1.165) is 35.4 Å². The van der Waals surface area contributed by atoms with Crippen LogP contribution in [0.2, 0.25) is 0 Å². The largest absolute Gasteiger partial charge is 0.490 e. The number of alkyl halides is 3.